The molecular weight excluding hydrogens is 200 g/mol. The molecule has 0 aromatic rings. The lowest BCUT2D eigenvalue weighted by Gasteiger charge is -1.97. The number of aliphatic hydroxyl groups is 1. The maximum absolute atomic E-state index is 10.7. The molecule has 0 aromatic carbocycles. The second-order valence-corrected chi connectivity index (χ2v) is 2.31. The summed E-state index contributed by atoms with van der Waals surface area (Å²) >= 11 is 2.93. The van der Waals surface area contributed by atoms with Crippen molar-refractivity contribution >= 4 is 21.9 Å². The Kier molecular flexibility index (Phi) is 5.25. The van der Waals surface area contributed by atoms with Crippen LogP contribution in [0.15, 0.2) is 10.6 Å². The van der Waals surface area contributed by atoms with E-state index < -0.39 is 5.97 Å². The van der Waals surface area contributed by atoms with E-state index in [1.807, 2.05) is 0 Å². The lowest BCUT2D eigenvalue weighted by Crippen LogP contribution is -2.03. The Bertz CT molecular complexity index is 142. The summed E-state index contributed by atoms with van der Waals surface area (Å²) in [6.07, 6.45) is 1.33. The molecule has 0 saturated carbocycles. The molecule has 3 nitrogen and oxygen atoms in total. The summed E-state index contributed by atoms with van der Waals surface area (Å²) in [4.78, 5) is 10.7. The molecule has 0 saturated heterocycles. The van der Waals surface area contributed by atoms with Gasteiger partial charge in [0.25, 0.3) is 0 Å². The van der Waals surface area contributed by atoms with Crippen LogP contribution in [-0.2, 0) is 9.53 Å². The molecule has 0 rings (SSSR count). The van der Waals surface area contributed by atoms with E-state index in [1.54, 1.807) is 6.92 Å². The first-order valence-electron chi connectivity index (χ1n) is 2.86. The number of rotatable bonds is 3. The number of carbonyl (C=O) groups is 1. The summed E-state index contributed by atoms with van der Waals surface area (Å²) in [5.41, 5.74) is 0. The highest BCUT2D eigenvalue weighted by molar-refractivity contribution is 9.12. The molecule has 0 amide bonds. The average molecular weight is 209 g/mol. The fourth-order valence-corrected chi connectivity index (χ4v) is 0.623. The van der Waals surface area contributed by atoms with E-state index in [0.29, 0.717) is 6.61 Å². The van der Waals surface area contributed by atoms with Crippen LogP contribution >= 0.6 is 15.9 Å². The molecule has 0 heterocycles. The molecule has 58 valence electrons. The lowest BCUT2D eigenvalue weighted by molar-refractivity contribution is -0.137. The first-order chi connectivity index (χ1) is 4.72. The minimum Gasteiger partial charge on any atom is -0.462 e. The molecule has 0 fully saturated rings. The molecule has 0 unspecified atom stereocenters. The van der Waals surface area contributed by atoms with Crippen molar-refractivity contribution in [3.05, 3.63) is 10.6 Å². The van der Waals surface area contributed by atoms with Crippen LogP contribution in [0.4, 0.5) is 0 Å². The van der Waals surface area contributed by atoms with Gasteiger partial charge in [-0.3, -0.25) is 0 Å². The molecule has 4 heteroatoms. The number of aliphatic hydroxyl groups excluding tert-OH is 1. The quantitative estimate of drug-likeness (QED) is 0.552. The van der Waals surface area contributed by atoms with Crippen molar-refractivity contribution in [3.8, 4) is 0 Å². The molecular formula is C6H9BrO3. The monoisotopic (exact) mass is 208 g/mol. The topological polar surface area (TPSA) is 46.5 Å². The summed E-state index contributed by atoms with van der Waals surface area (Å²) in [5, 5.41) is 8.34. The van der Waals surface area contributed by atoms with E-state index in [2.05, 4.69) is 20.7 Å². The average Bonchev–Trinajstić information content (AvgIpc) is 1.89. The fraction of sp³-hybridized carbons (Fsp3) is 0.500. The van der Waals surface area contributed by atoms with E-state index >= 15 is 0 Å². The highest BCUT2D eigenvalue weighted by atomic mass is 79.9. The maximum Gasteiger partial charge on any atom is 0.344 e. The van der Waals surface area contributed by atoms with Crippen LogP contribution in [0.2, 0.25) is 0 Å². The predicted molar refractivity (Wildman–Crippen MR) is 40.7 cm³/mol. The SMILES string of the molecule is CCOC(=O)/C(Br)=C/CO. The summed E-state index contributed by atoms with van der Waals surface area (Å²) in [5.74, 6) is -0.448. The van der Waals surface area contributed by atoms with Gasteiger partial charge in [0, 0.05) is 0 Å². The van der Waals surface area contributed by atoms with Crippen LogP contribution in [0.25, 0.3) is 0 Å². The number of esters is 1. The fourth-order valence-electron chi connectivity index (χ4n) is 0.364. The number of hydrogen-bond donors (Lipinski definition) is 1. The van der Waals surface area contributed by atoms with Gasteiger partial charge >= 0.3 is 5.97 Å². The zero-order valence-electron chi connectivity index (χ0n) is 5.63. The summed E-state index contributed by atoms with van der Waals surface area (Å²) in [6.45, 7) is 1.89. The third-order valence-corrected chi connectivity index (χ3v) is 1.39. The van der Waals surface area contributed by atoms with Crippen LogP contribution in [0.3, 0.4) is 0 Å². The maximum atomic E-state index is 10.7. The minimum atomic E-state index is -0.448. The molecule has 0 aliphatic heterocycles. The zero-order valence-corrected chi connectivity index (χ0v) is 7.22. The Morgan fingerprint density at radius 3 is 2.80 bits per heavy atom. The predicted octanol–water partition coefficient (Wildman–Crippen LogP) is 0.821. The van der Waals surface area contributed by atoms with Crippen molar-refractivity contribution in [2.45, 2.75) is 6.92 Å². The van der Waals surface area contributed by atoms with Crippen molar-refractivity contribution in [3.63, 3.8) is 0 Å². The number of carbonyl (C=O) groups excluding carboxylic acids is 1. The van der Waals surface area contributed by atoms with Crippen molar-refractivity contribution < 1.29 is 14.6 Å². The van der Waals surface area contributed by atoms with Gasteiger partial charge in [-0.15, -0.1) is 0 Å². The molecule has 0 radical (unpaired) electrons. The highest BCUT2D eigenvalue weighted by Gasteiger charge is 2.03. The third kappa shape index (κ3) is 3.63. The van der Waals surface area contributed by atoms with E-state index in [4.69, 9.17) is 5.11 Å². The van der Waals surface area contributed by atoms with Gasteiger partial charge in [-0.2, -0.15) is 0 Å². The van der Waals surface area contributed by atoms with Crippen molar-refractivity contribution in [2.75, 3.05) is 13.2 Å². The van der Waals surface area contributed by atoms with Crippen molar-refractivity contribution in [1.82, 2.24) is 0 Å². The van der Waals surface area contributed by atoms with E-state index in [-0.39, 0.29) is 11.1 Å². The molecule has 1 N–H and O–H groups in total. The number of halogens is 1. The first-order valence-corrected chi connectivity index (χ1v) is 3.65. The van der Waals surface area contributed by atoms with Gasteiger partial charge in [-0.05, 0) is 28.9 Å². The Morgan fingerprint density at radius 2 is 2.40 bits per heavy atom. The Labute approximate surface area is 67.8 Å². The normalized spacial score (nSPS) is 11.3. The Morgan fingerprint density at radius 1 is 1.80 bits per heavy atom. The van der Waals surface area contributed by atoms with Gasteiger partial charge in [0.1, 0.15) is 4.48 Å². The van der Waals surface area contributed by atoms with E-state index in [1.165, 1.54) is 6.08 Å². The molecule has 0 bridgehead atoms. The molecule has 10 heavy (non-hydrogen) atoms. The molecule has 0 atom stereocenters. The lowest BCUT2D eigenvalue weighted by atomic mass is 10.5. The van der Waals surface area contributed by atoms with Crippen LogP contribution < -0.4 is 0 Å². The largest absolute Gasteiger partial charge is 0.462 e. The van der Waals surface area contributed by atoms with Crippen LogP contribution in [0.5, 0.6) is 0 Å². The number of ether oxygens (including phenoxy) is 1. The summed E-state index contributed by atoms with van der Waals surface area (Å²) in [6, 6.07) is 0. The van der Waals surface area contributed by atoms with Crippen LogP contribution in [0.1, 0.15) is 6.92 Å². The van der Waals surface area contributed by atoms with Crippen LogP contribution in [0, 0.1) is 0 Å². The zero-order chi connectivity index (χ0) is 7.98. The van der Waals surface area contributed by atoms with Crippen LogP contribution in [-0.4, -0.2) is 24.3 Å². The minimum absolute atomic E-state index is 0.167. The molecule has 0 aromatic heterocycles. The molecule has 0 aliphatic rings. The summed E-state index contributed by atoms with van der Waals surface area (Å²) < 4.78 is 4.85. The smallest absolute Gasteiger partial charge is 0.344 e. The first kappa shape index (κ1) is 9.65. The Hall–Kier alpha value is -0.350. The molecule has 0 aliphatic carbocycles. The van der Waals surface area contributed by atoms with Gasteiger partial charge in [-0.1, -0.05) is 0 Å². The van der Waals surface area contributed by atoms with Gasteiger partial charge in [0.15, 0.2) is 0 Å². The Balaban J connectivity index is 3.82. The second kappa shape index (κ2) is 5.44. The molecule has 0 spiro atoms. The summed E-state index contributed by atoms with van der Waals surface area (Å²) in [7, 11) is 0. The standard InChI is InChI=1S/C6H9BrO3/c1-2-10-6(9)5(7)3-4-8/h3,8H,2,4H2,1H3/b5-3-. The van der Waals surface area contributed by atoms with Gasteiger partial charge < -0.3 is 9.84 Å². The van der Waals surface area contributed by atoms with Gasteiger partial charge in [0.2, 0.25) is 0 Å². The van der Waals surface area contributed by atoms with Crippen molar-refractivity contribution in [2.24, 2.45) is 0 Å². The van der Waals surface area contributed by atoms with Gasteiger partial charge in [-0.25, -0.2) is 4.79 Å². The second-order valence-electron chi connectivity index (χ2n) is 1.46. The van der Waals surface area contributed by atoms with E-state index in [9.17, 15) is 4.79 Å². The highest BCUT2D eigenvalue weighted by Crippen LogP contribution is 2.05. The van der Waals surface area contributed by atoms with Crippen molar-refractivity contribution in [1.29, 1.82) is 0 Å². The third-order valence-electron chi connectivity index (χ3n) is 0.741. The van der Waals surface area contributed by atoms with Gasteiger partial charge in [0.05, 0.1) is 13.2 Å². The van der Waals surface area contributed by atoms with E-state index in [0.717, 1.165) is 0 Å². The number of hydrogen-bond acceptors (Lipinski definition) is 3.